The maximum atomic E-state index is 12.4. The van der Waals surface area contributed by atoms with Gasteiger partial charge in [-0.1, -0.05) is 11.6 Å². The molecule has 0 amide bonds. The fraction of sp³-hybridized carbons (Fsp3) is 0.182. The predicted octanol–water partition coefficient (Wildman–Crippen LogP) is 3.16. The number of halogens is 4. The van der Waals surface area contributed by atoms with E-state index < -0.39 is 11.7 Å². The number of anilines is 1. The summed E-state index contributed by atoms with van der Waals surface area (Å²) in [5.41, 5.74) is -0.261. The minimum atomic E-state index is -4.46. The van der Waals surface area contributed by atoms with Crippen LogP contribution in [0.15, 0.2) is 30.6 Å². The van der Waals surface area contributed by atoms with Crippen LogP contribution < -0.4 is 5.32 Å². The second-order valence-electron chi connectivity index (χ2n) is 3.62. The Morgan fingerprint density at radius 3 is 2.68 bits per heavy atom. The Morgan fingerprint density at radius 2 is 2.11 bits per heavy atom. The van der Waals surface area contributed by atoms with Crippen LogP contribution in [0.4, 0.5) is 19.0 Å². The lowest BCUT2D eigenvalue weighted by Crippen LogP contribution is -2.08. The van der Waals surface area contributed by atoms with Crippen molar-refractivity contribution in [3.63, 3.8) is 0 Å². The van der Waals surface area contributed by atoms with Crippen LogP contribution in [0, 0.1) is 0 Å². The summed E-state index contributed by atoms with van der Waals surface area (Å²) in [6.07, 6.45) is -2.21. The lowest BCUT2D eigenvalue weighted by molar-refractivity contribution is -0.137. The van der Waals surface area contributed by atoms with Crippen molar-refractivity contribution in [3.8, 4) is 0 Å². The molecule has 100 valence electrons. The van der Waals surface area contributed by atoms with Crippen molar-refractivity contribution >= 4 is 17.4 Å². The van der Waals surface area contributed by atoms with Gasteiger partial charge in [-0.05, 0) is 18.2 Å². The maximum Gasteiger partial charge on any atom is 0.417 e. The first-order valence-electron chi connectivity index (χ1n) is 5.20. The number of nitrogens with one attached hydrogen (secondary N) is 1. The number of hydrogen-bond donors (Lipinski definition) is 1. The zero-order valence-electron chi connectivity index (χ0n) is 9.45. The summed E-state index contributed by atoms with van der Waals surface area (Å²) >= 11 is 5.74. The molecular formula is C11H8ClF3N4. The molecule has 0 aliphatic rings. The minimum Gasteiger partial charge on any atom is -0.363 e. The van der Waals surface area contributed by atoms with Crippen LogP contribution in [0.1, 0.15) is 11.3 Å². The lowest BCUT2D eigenvalue weighted by atomic mass is 10.2. The Labute approximate surface area is 111 Å². The summed E-state index contributed by atoms with van der Waals surface area (Å²) < 4.78 is 37.2. The van der Waals surface area contributed by atoms with Crippen molar-refractivity contribution < 1.29 is 13.2 Å². The molecule has 0 saturated carbocycles. The largest absolute Gasteiger partial charge is 0.417 e. The van der Waals surface area contributed by atoms with Crippen LogP contribution in [0.5, 0.6) is 0 Å². The molecule has 0 aliphatic heterocycles. The standard InChI is InChI=1S/C11H8ClF3N4/c12-9-4-7(11(13,14)15)5-16-10(9)17-6-8-2-1-3-18-19-8/h1-5H,6H2,(H,16,17). The fourth-order valence-corrected chi connectivity index (χ4v) is 1.56. The van der Waals surface area contributed by atoms with Gasteiger partial charge < -0.3 is 5.32 Å². The second-order valence-corrected chi connectivity index (χ2v) is 4.03. The summed E-state index contributed by atoms with van der Waals surface area (Å²) in [7, 11) is 0. The van der Waals surface area contributed by atoms with E-state index in [0.717, 1.165) is 12.3 Å². The Kier molecular flexibility index (Phi) is 3.84. The Morgan fingerprint density at radius 1 is 1.32 bits per heavy atom. The van der Waals surface area contributed by atoms with Crippen LogP contribution in [-0.4, -0.2) is 15.2 Å². The molecule has 0 aromatic carbocycles. The van der Waals surface area contributed by atoms with E-state index in [-0.39, 0.29) is 17.4 Å². The first kappa shape index (κ1) is 13.5. The van der Waals surface area contributed by atoms with Crippen LogP contribution in [0.25, 0.3) is 0 Å². The molecule has 2 rings (SSSR count). The second kappa shape index (κ2) is 5.40. The zero-order valence-corrected chi connectivity index (χ0v) is 10.2. The van der Waals surface area contributed by atoms with E-state index in [0.29, 0.717) is 5.69 Å². The summed E-state index contributed by atoms with van der Waals surface area (Å²) in [5.74, 6) is 0.167. The summed E-state index contributed by atoms with van der Waals surface area (Å²) in [4.78, 5) is 3.65. The lowest BCUT2D eigenvalue weighted by Gasteiger charge is -2.10. The molecule has 0 spiro atoms. The number of pyridine rings is 1. The maximum absolute atomic E-state index is 12.4. The number of alkyl halides is 3. The smallest absolute Gasteiger partial charge is 0.363 e. The van der Waals surface area contributed by atoms with Crippen molar-refractivity contribution in [2.24, 2.45) is 0 Å². The molecule has 1 N–H and O–H groups in total. The van der Waals surface area contributed by atoms with E-state index >= 15 is 0 Å². The average molecular weight is 289 g/mol. The summed E-state index contributed by atoms with van der Waals surface area (Å²) in [6.45, 7) is 0.270. The quantitative estimate of drug-likeness (QED) is 0.942. The highest BCUT2D eigenvalue weighted by Gasteiger charge is 2.31. The molecule has 8 heteroatoms. The van der Waals surface area contributed by atoms with Gasteiger partial charge in [0.1, 0.15) is 5.82 Å². The molecule has 19 heavy (non-hydrogen) atoms. The highest BCUT2D eigenvalue weighted by atomic mass is 35.5. The molecule has 0 aliphatic carbocycles. The first-order valence-corrected chi connectivity index (χ1v) is 5.58. The van der Waals surface area contributed by atoms with Crippen molar-refractivity contribution in [1.29, 1.82) is 0 Å². The van der Waals surface area contributed by atoms with Gasteiger partial charge in [0.15, 0.2) is 0 Å². The molecule has 0 radical (unpaired) electrons. The Bertz CT molecular complexity index is 560. The van der Waals surface area contributed by atoms with Crippen LogP contribution >= 0.6 is 11.6 Å². The third-order valence-electron chi connectivity index (χ3n) is 2.23. The molecular weight excluding hydrogens is 281 g/mol. The van der Waals surface area contributed by atoms with Crippen LogP contribution in [-0.2, 0) is 12.7 Å². The van der Waals surface area contributed by atoms with Gasteiger partial charge in [-0.2, -0.15) is 23.4 Å². The monoisotopic (exact) mass is 288 g/mol. The molecule has 2 heterocycles. The SMILES string of the molecule is FC(F)(F)c1cnc(NCc2cccnn2)c(Cl)c1. The molecule has 0 atom stereocenters. The van der Waals surface area contributed by atoms with Gasteiger partial charge in [0.05, 0.1) is 22.8 Å². The Balaban J connectivity index is 2.10. The normalized spacial score (nSPS) is 11.4. The van der Waals surface area contributed by atoms with Crippen molar-refractivity contribution in [2.45, 2.75) is 12.7 Å². The highest BCUT2D eigenvalue weighted by Crippen LogP contribution is 2.32. The first-order chi connectivity index (χ1) is 8.97. The van der Waals surface area contributed by atoms with Crippen LogP contribution in [0.3, 0.4) is 0 Å². The molecule has 4 nitrogen and oxygen atoms in total. The van der Waals surface area contributed by atoms with Gasteiger partial charge in [0, 0.05) is 12.4 Å². The molecule has 0 bridgehead atoms. The van der Waals surface area contributed by atoms with E-state index in [1.807, 2.05) is 0 Å². The molecule has 2 aromatic heterocycles. The van der Waals surface area contributed by atoms with Crippen molar-refractivity contribution in [2.75, 3.05) is 5.32 Å². The zero-order chi connectivity index (χ0) is 13.9. The topological polar surface area (TPSA) is 50.7 Å². The third kappa shape index (κ3) is 3.54. The predicted molar refractivity (Wildman–Crippen MR) is 63.6 cm³/mol. The number of rotatable bonds is 3. The van der Waals surface area contributed by atoms with Crippen LogP contribution in [0.2, 0.25) is 5.02 Å². The number of aromatic nitrogens is 3. The average Bonchev–Trinajstić information content (AvgIpc) is 2.37. The number of nitrogens with zero attached hydrogens (tertiary/aromatic N) is 3. The van der Waals surface area contributed by atoms with Gasteiger partial charge in [-0.25, -0.2) is 4.98 Å². The summed E-state index contributed by atoms with van der Waals surface area (Å²) in [5, 5.41) is 10.2. The highest BCUT2D eigenvalue weighted by molar-refractivity contribution is 6.32. The van der Waals surface area contributed by atoms with Gasteiger partial charge in [0.2, 0.25) is 0 Å². The summed E-state index contributed by atoms with van der Waals surface area (Å²) in [6, 6.07) is 4.25. The minimum absolute atomic E-state index is 0.0984. The molecule has 2 aromatic rings. The van der Waals surface area contributed by atoms with E-state index in [9.17, 15) is 13.2 Å². The molecule has 0 unspecified atom stereocenters. The molecule has 0 saturated heterocycles. The number of hydrogen-bond acceptors (Lipinski definition) is 4. The Hall–Kier alpha value is -1.89. The molecule has 0 fully saturated rings. The van der Waals surface area contributed by atoms with Crippen molar-refractivity contribution in [3.05, 3.63) is 46.9 Å². The van der Waals surface area contributed by atoms with Gasteiger partial charge >= 0.3 is 6.18 Å². The van der Waals surface area contributed by atoms with E-state index in [4.69, 9.17) is 11.6 Å². The fourth-order valence-electron chi connectivity index (χ4n) is 1.33. The van der Waals surface area contributed by atoms with Gasteiger partial charge in [-0.15, -0.1) is 0 Å². The van der Waals surface area contributed by atoms with E-state index in [2.05, 4.69) is 20.5 Å². The van der Waals surface area contributed by atoms with Gasteiger partial charge in [-0.3, -0.25) is 0 Å². The van der Waals surface area contributed by atoms with Gasteiger partial charge in [0.25, 0.3) is 0 Å². The van der Waals surface area contributed by atoms with E-state index in [1.165, 1.54) is 6.20 Å². The third-order valence-corrected chi connectivity index (χ3v) is 2.52. The van der Waals surface area contributed by atoms with E-state index in [1.54, 1.807) is 12.1 Å². The van der Waals surface area contributed by atoms with Crippen molar-refractivity contribution in [1.82, 2.24) is 15.2 Å².